The van der Waals surface area contributed by atoms with Crippen LogP contribution in [0.1, 0.15) is 0 Å². The van der Waals surface area contributed by atoms with E-state index in [4.69, 9.17) is 0 Å². The van der Waals surface area contributed by atoms with Crippen LogP contribution in [0.5, 0.6) is 0 Å². The van der Waals surface area contributed by atoms with E-state index in [2.05, 4.69) is 15.4 Å². The van der Waals surface area contributed by atoms with E-state index in [1.165, 1.54) is 25.1 Å². The van der Waals surface area contributed by atoms with Gasteiger partial charge in [-0.05, 0) is 6.26 Å². The van der Waals surface area contributed by atoms with Crippen molar-refractivity contribution >= 4 is 23.6 Å². The summed E-state index contributed by atoms with van der Waals surface area (Å²) in [5.74, 6) is -1.05. The van der Waals surface area contributed by atoms with Gasteiger partial charge in [0.1, 0.15) is 11.1 Å². The quantitative estimate of drug-likeness (QED) is 0.463. The first kappa shape index (κ1) is 9.91. The van der Waals surface area contributed by atoms with Crippen LogP contribution in [0, 0.1) is 0 Å². The SMILES string of the molecule is COC(=O)C1=CNC(SC)NC1=O. The number of carbonyl (C=O) groups is 2. The average Bonchev–Trinajstić information content (AvgIpc) is 2.16. The molecule has 0 bridgehead atoms. The molecule has 1 atom stereocenters. The predicted molar refractivity (Wildman–Crippen MR) is 48.7 cm³/mol. The van der Waals surface area contributed by atoms with Gasteiger partial charge < -0.3 is 15.4 Å². The number of ether oxygens (including phenoxy) is 1. The van der Waals surface area contributed by atoms with E-state index in [-0.39, 0.29) is 11.1 Å². The molecule has 0 radical (unpaired) electrons. The second kappa shape index (κ2) is 4.18. The molecule has 2 N–H and O–H groups in total. The van der Waals surface area contributed by atoms with Crippen molar-refractivity contribution in [3.63, 3.8) is 0 Å². The lowest BCUT2D eigenvalue weighted by Gasteiger charge is -2.21. The molecule has 0 aromatic rings. The Labute approximate surface area is 79.9 Å². The summed E-state index contributed by atoms with van der Waals surface area (Å²) in [5.41, 5.74) is -0.186. The maximum absolute atomic E-state index is 11.2. The first-order valence-electron chi connectivity index (χ1n) is 3.57. The van der Waals surface area contributed by atoms with Crippen molar-refractivity contribution in [3.05, 3.63) is 11.8 Å². The molecule has 0 fully saturated rings. The minimum Gasteiger partial charge on any atom is -0.465 e. The Bertz CT molecular complexity index is 264. The van der Waals surface area contributed by atoms with E-state index in [9.17, 15) is 9.59 Å². The Kier molecular flexibility index (Phi) is 3.18. The number of amides is 1. The smallest absolute Gasteiger partial charge is 0.344 e. The molecule has 72 valence electrons. The van der Waals surface area contributed by atoms with Crippen LogP contribution in [0.2, 0.25) is 0 Å². The zero-order valence-electron chi connectivity index (χ0n) is 7.29. The second-order valence-corrected chi connectivity index (χ2v) is 3.25. The Morgan fingerprint density at radius 1 is 1.69 bits per heavy atom. The summed E-state index contributed by atoms with van der Waals surface area (Å²) < 4.78 is 4.41. The van der Waals surface area contributed by atoms with E-state index < -0.39 is 11.9 Å². The van der Waals surface area contributed by atoms with Gasteiger partial charge in [0.15, 0.2) is 0 Å². The van der Waals surface area contributed by atoms with Crippen LogP contribution in [-0.4, -0.2) is 30.7 Å². The molecule has 13 heavy (non-hydrogen) atoms. The number of methoxy groups -OCH3 is 1. The highest BCUT2D eigenvalue weighted by Gasteiger charge is 2.25. The highest BCUT2D eigenvalue weighted by molar-refractivity contribution is 7.99. The molecule has 0 aromatic carbocycles. The van der Waals surface area contributed by atoms with E-state index in [1.807, 2.05) is 6.26 Å². The van der Waals surface area contributed by atoms with Crippen LogP contribution < -0.4 is 10.6 Å². The number of thioether (sulfide) groups is 1. The third-order valence-electron chi connectivity index (χ3n) is 1.53. The monoisotopic (exact) mass is 202 g/mol. The fourth-order valence-corrected chi connectivity index (χ4v) is 1.28. The molecule has 0 saturated carbocycles. The maximum atomic E-state index is 11.2. The van der Waals surface area contributed by atoms with E-state index in [0.29, 0.717) is 0 Å². The van der Waals surface area contributed by atoms with Crippen LogP contribution >= 0.6 is 11.8 Å². The summed E-state index contributed by atoms with van der Waals surface area (Å²) in [7, 11) is 1.23. The van der Waals surface area contributed by atoms with Crippen LogP contribution in [0.15, 0.2) is 11.8 Å². The number of esters is 1. The summed E-state index contributed by atoms with van der Waals surface area (Å²) in [6.45, 7) is 0. The molecule has 1 aliphatic heterocycles. The highest BCUT2D eigenvalue weighted by atomic mass is 32.2. The molecule has 6 heteroatoms. The number of rotatable bonds is 2. The summed E-state index contributed by atoms with van der Waals surface area (Å²) in [6.07, 6.45) is 3.21. The lowest BCUT2D eigenvalue weighted by atomic mass is 10.2. The molecule has 1 amide bonds. The van der Waals surface area contributed by atoms with Crippen molar-refractivity contribution in [2.75, 3.05) is 13.4 Å². The van der Waals surface area contributed by atoms with Crippen molar-refractivity contribution in [2.45, 2.75) is 5.50 Å². The molecule has 1 heterocycles. The van der Waals surface area contributed by atoms with Crippen molar-refractivity contribution < 1.29 is 14.3 Å². The summed E-state index contributed by atoms with van der Waals surface area (Å²) in [6, 6.07) is 0. The minimum absolute atomic E-state index is 0.00667. The third-order valence-corrected chi connectivity index (χ3v) is 2.25. The zero-order valence-corrected chi connectivity index (χ0v) is 8.10. The Morgan fingerprint density at radius 3 is 2.85 bits per heavy atom. The third kappa shape index (κ3) is 2.15. The van der Waals surface area contributed by atoms with Gasteiger partial charge in [-0.15, -0.1) is 11.8 Å². The summed E-state index contributed by atoms with van der Waals surface area (Å²) in [4.78, 5) is 22.2. The Hall–Kier alpha value is -1.17. The van der Waals surface area contributed by atoms with Gasteiger partial charge in [0.25, 0.3) is 5.91 Å². The average molecular weight is 202 g/mol. The minimum atomic E-state index is -0.635. The van der Waals surface area contributed by atoms with E-state index >= 15 is 0 Å². The fourth-order valence-electron chi connectivity index (χ4n) is 0.852. The van der Waals surface area contributed by atoms with Crippen molar-refractivity contribution in [1.29, 1.82) is 0 Å². The molecule has 0 saturated heterocycles. The molecule has 1 aliphatic rings. The van der Waals surface area contributed by atoms with Crippen LogP contribution in [0.25, 0.3) is 0 Å². The van der Waals surface area contributed by atoms with Gasteiger partial charge in [0.2, 0.25) is 0 Å². The van der Waals surface area contributed by atoms with Crippen LogP contribution in [0.3, 0.4) is 0 Å². The molecule has 1 unspecified atom stereocenters. The zero-order chi connectivity index (χ0) is 9.84. The molecule has 0 aliphatic carbocycles. The highest BCUT2D eigenvalue weighted by Crippen LogP contribution is 2.07. The van der Waals surface area contributed by atoms with Gasteiger partial charge in [-0.3, -0.25) is 4.79 Å². The molecular weight excluding hydrogens is 192 g/mol. The molecule has 0 aromatic heterocycles. The number of hydrogen-bond donors (Lipinski definition) is 2. The van der Waals surface area contributed by atoms with Crippen LogP contribution in [-0.2, 0) is 14.3 Å². The summed E-state index contributed by atoms with van der Waals surface area (Å²) in [5, 5.41) is 5.41. The topological polar surface area (TPSA) is 67.4 Å². The first-order valence-corrected chi connectivity index (χ1v) is 4.86. The number of carbonyl (C=O) groups excluding carboxylic acids is 2. The van der Waals surface area contributed by atoms with Gasteiger partial charge in [-0.25, -0.2) is 4.79 Å². The van der Waals surface area contributed by atoms with Gasteiger partial charge in [0.05, 0.1) is 7.11 Å². The largest absolute Gasteiger partial charge is 0.465 e. The lowest BCUT2D eigenvalue weighted by Crippen LogP contribution is -2.47. The van der Waals surface area contributed by atoms with Crippen molar-refractivity contribution in [3.8, 4) is 0 Å². The van der Waals surface area contributed by atoms with E-state index in [0.717, 1.165) is 0 Å². The number of nitrogens with one attached hydrogen (secondary N) is 2. The number of hydrogen-bond acceptors (Lipinski definition) is 5. The molecule has 5 nitrogen and oxygen atoms in total. The normalized spacial score (nSPS) is 21.2. The van der Waals surface area contributed by atoms with Crippen molar-refractivity contribution in [1.82, 2.24) is 10.6 Å². The van der Waals surface area contributed by atoms with Gasteiger partial charge in [-0.2, -0.15) is 0 Å². The second-order valence-electron chi connectivity index (χ2n) is 2.31. The molecule has 1 rings (SSSR count). The predicted octanol–water partition coefficient (Wildman–Crippen LogP) is -0.591. The van der Waals surface area contributed by atoms with Crippen LogP contribution in [0.4, 0.5) is 0 Å². The first-order chi connectivity index (χ1) is 6.19. The van der Waals surface area contributed by atoms with Crippen molar-refractivity contribution in [2.24, 2.45) is 0 Å². The molecular formula is C7H10N2O3S. The Morgan fingerprint density at radius 2 is 2.38 bits per heavy atom. The summed E-state index contributed by atoms with van der Waals surface area (Å²) >= 11 is 1.43. The van der Waals surface area contributed by atoms with E-state index in [1.54, 1.807) is 0 Å². The van der Waals surface area contributed by atoms with Gasteiger partial charge in [-0.1, -0.05) is 0 Å². The standard InChI is InChI=1S/C7H10N2O3S/c1-12-6(11)4-3-8-7(13-2)9-5(4)10/h3,7-8H,1-2H3,(H,9,10). The fraction of sp³-hybridized carbons (Fsp3) is 0.429. The lowest BCUT2D eigenvalue weighted by molar-refractivity contribution is -0.138. The Balaban J connectivity index is 2.72. The van der Waals surface area contributed by atoms with Gasteiger partial charge >= 0.3 is 5.97 Å². The maximum Gasteiger partial charge on any atom is 0.344 e. The van der Waals surface area contributed by atoms with Gasteiger partial charge in [0, 0.05) is 6.20 Å². The molecule has 0 spiro atoms.